The first kappa shape index (κ1) is 9.72. The van der Waals surface area contributed by atoms with E-state index < -0.39 is 0 Å². The van der Waals surface area contributed by atoms with Gasteiger partial charge in [0.25, 0.3) is 0 Å². The van der Waals surface area contributed by atoms with Crippen LogP contribution < -0.4 is 5.73 Å². The molecular weight excluding hydrogens is 170 g/mol. The van der Waals surface area contributed by atoms with Crippen molar-refractivity contribution < 1.29 is 0 Å². The summed E-state index contributed by atoms with van der Waals surface area (Å²) in [5, 5.41) is 0. The smallest absolute Gasteiger partial charge is 0.00375 e. The molecule has 0 heterocycles. The summed E-state index contributed by atoms with van der Waals surface area (Å²) in [5.74, 6) is 1.34. The van der Waals surface area contributed by atoms with E-state index in [0.717, 1.165) is 6.54 Å². The molecule has 2 atom stereocenters. The lowest BCUT2D eigenvalue weighted by atomic mass is 9.99. The van der Waals surface area contributed by atoms with E-state index >= 15 is 0 Å². The van der Waals surface area contributed by atoms with Crippen LogP contribution in [0.4, 0.5) is 0 Å². The molecule has 2 rings (SSSR count). The molecule has 1 fully saturated rings. The van der Waals surface area contributed by atoms with Crippen molar-refractivity contribution in [3.8, 4) is 0 Å². The van der Waals surface area contributed by atoms with Crippen LogP contribution in [0.1, 0.15) is 30.9 Å². The van der Waals surface area contributed by atoms with Gasteiger partial charge in [-0.2, -0.15) is 0 Å². The predicted octanol–water partition coefficient (Wildman–Crippen LogP) is 2.69. The third kappa shape index (κ3) is 1.27. The zero-order valence-corrected chi connectivity index (χ0v) is 9.25. The summed E-state index contributed by atoms with van der Waals surface area (Å²) in [4.78, 5) is 0. The summed E-state index contributed by atoms with van der Waals surface area (Å²) in [7, 11) is 0. The van der Waals surface area contributed by atoms with E-state index in [0.29, 0.717) is 17.3 Å². The van der Waals surface area contributed by atoms with E-state index in [1.165, 1.54) is 11.1 Å². The largest absolute Gasteiger partial charge is 0.330 e. The van der Waals surface area contributed by atoms with Crippen LogP contribution in [-0.4, -0.2) is 6.54 Å². The molecule has 1 aliphatic rings. The van der Waals surface area contributed by atoms with Crippen LogP contribution >= 0.6 is 0 Å². The molecule has 1 saturated carbocycles. The van der Waals surface area contributed by atoms with Crippen LogP contribution in [0.15, 0.2) is 24.3 Å². The van der Waals surface area contributed by atoms with Crippen molar-refractivity contribution in [2.24, 2.45) is 17.1 Å². The highest BCUT2D eigenvalue weighted by Crippen LogP contribution is 2.64. The van der Waals surface area contributed by atoms with Crippen molar-refractivity contribution >= 4 is 0 Å². The molecule has 0 saturated heterocycles. The highest BCUT2D eigenvalue weighted by molar-refractivity contribution is 5.37. The maximum atomic E-state index is 5.79. The van der Waals surface area contributed by atoms with Crippen molar-refractivity contribution in [3.63, 3.8) is 0 Å². The summed E-state index contributed by atoms with van der Waals surface area (Å²) in [6, 6.07) is 8.67. The molecule has 2 unspecified atom stereocenters. The van der Waals surface area contributed by atoms with E-state index in [4.69, 9.17) is 5.73 Å². The van der Waals surface area contributed by atoms with E-state index in [-0.39, 0.29) is 0 Å². The lowest BCUT2D eigenvalue weighted by molar-refractivity contribution is 0.558. The van der Waals surface area contributed by atoms with E-state index in [1.54, 1.807) is 0 Å². The van der Waals surface area contributed by atoms with Crippen LogP contribution in [0.5, 0.6) is 0 Å². The monoisotopic (exact) mass is 189 g/mol. The average Bonchev–Trinajstić information content (AvgIpc) is 2.69. The molecule has 76 valence electrons. The SMILES string of the molecule is Cc1ccccc1C1C(CN)C1(C)C. The fraction of sp³-hybridized carbons (Fsp3) is 0.538. The van der Waals surface area contributed by atoms with Gasteiger partial charge in [-0.25, -0.2) is 0 Å². The Labute approximate surface area is 86.3 Å². The molecule has 1 heteroatoms. The molecule has 0 bridgehead atoms. The summed E-state index contributed by atoms with van der Waals surface area (Å²) >= 11 is 0. The van der Waals surface area contributed by atoms with E-state index in [2.05, 4.69) is 45.0 Å². The minimum Gasteiger partial charge on any atom is -0.330 e. The second-order valence-corrected chi connectivity index (χ2v) is 5.00. The Balaban J connectivity index is 2.31. The number of nitrogens with two attached hydrogens (primary N) is 1. The molecule has 14 heavy (non-hydrogen) atoms. The summed E-state index contributed by atoms with van der Waals surface area (Å²) in [5.41, 5.74) is 9.09. The van der Waals surface area contributed by atoms with Gasteiger partial charge in [0.05, 0.1) is 0 Å². The zero-order valence-electron chi connectivity index (χ0n) is 9.25. The Morgan fingerprint density at radius 3 is 2.43 bits per heavy atom. The molecule has 0 radical (unpaired) electrons. The van der Waals surface area contributed by atoms with Crippen LogP contribution in [0.2, 0.25) is 0 Å². The quantitative estimate of drug-likeness (QED) is 0.760. The second-order valence-electron chi connectivity index (χ2n) is 5.00. The Hall–Kier alpha value is -0.820. The first-order valence-electron chi connectivity index (χ1n) is 5.34. The number of hydrogen-bond donors (Lipinski definition) is 1. The third-order valence-corrected chi connectivity index (χ3v) is 3.83. The van der Waals surface area contributed by atoms with Gasteiger partial charge in [-0.05, 0) is 41.8 Å². The summed E-state index contributed by atoms with van der Waals surface area (Å²) < 4.78 is 0. The number of aryl methyl sites for hydroxylation is 1. The molecule has 0 spiro atoms. The molecule has 0 aliphatic heterocycles. The van der Waals surface area contributed by atoms with E-state index in [9.17, 15) is 0 Å². The van der Waals surface area contributed by atoms with Gasteiger partial charge in [-0.3, -0.25) is 0 Å². The molecule has 0 aromatic heterocycles. The second kappa shape index (κ2) is 3.09. The van der Waals surface area contributed by atoms with Crippen molar-refractivity contribution in [2.45, 2.75) is 26.7 Å². The third-order valence-electron chi connectivity index (χ3n) is 3.83. The maximum absolute atomic E-state index is 5.79. The lowest BCUT2D eigenvalue weighted by Gasteiger charge is -2.06. The lowest BCUT2D eigenvalue weighted by Crippen LogP contribution is -2.05. The highest BCUT2D eigenvalue weighted by atomic mass is 14.7. The minimum absolute atomic E-state index is 0.404. The standard InChI is InChI=1S/C13H19N/c1-9-6-4-5-7-10(9)12-11(8-14)13(12,2)3/h4-7,11-12H,8,14H2,1-3H3. The summed E-state index contributed by atoms with van der Waals surface area (Å²) in [6.07, 6.45) is 0. The Bertz CT molecular complexity index is 341. The summed E-state index contributed by atoms with van der Waals surface area (Å²) in [6.45, 7) is 7.65. The molecule has 2 N–H and O–H groups in total. The van der Waals surface area contributed by atoms with Crippen LogP contribution in [-0.2, 0) is 0 Å². The van der Waals surface area contributed by atoms with Crippen LogP contribution in [0.25, 0.3) is 0 Å². The van der Waals surface area contributed by atoms with Gasteiger partial charge < -0.3 is 5.73 Å². The van der Waals surface area contributed by atoms with Gasteiger partial charge in [0.15, 0.2) is 0 Å². The number of benzene rings is 1. The van der Waals surface area contributed by atoms with Crippen molar-refractivity contribution in [2.75, 3.05) is 6.54 Å². The molecule has 0 amide bonds. The molecule has 1 aliphatic carbocycles. The van der Waals surface area contributed by atoms with Crippen molar-refractivity contribution in [3.05, 3.63) is 35.4 Å². The molecule has 1 nitrogen and oxygen atoms in total. The Kier molecular flexibility index (Phi) is 2.15. The fourth-order valence-electron chi connectivity index (χ4n) is 2.74. The maximum Gasteiger partial charge on any atom is -0.00375 e. The van der Waals surface area contributed by atoms with E-state index in [1.807, 2.05) is 0 Å². The average molecular weight is 189 g/mol. The molecular formula is C13H19N. The number of hydrogen-bond acceptors (Lipinski definition) is 1. The first-order chi connectivity index (χ1) is 6.59. The van der Waals surface area contributed by atoms with Crippen LogP contribution in [0, 0.1) is 18.3 Å². The van der Waals surface area contributed by atoms with Gasteiger partial charge in [-0.15, -0.1) is 0 Å². The van der Waals surface area contributed by atoms with Gasteiger partial charge >= 0.3 is 0 Å². The van der Waals surface area contributed by atoms with Crippen molar-refractivity contribution in [1.82, 2.24) is 0 Å². The topological polar surface area (TPSA) is 26.0 Å². The highest BCUT2D eigenvalue weighted by Gasteiger charge is 2.57. The molecule has 1 aromatic carbocycles. The van der Waals surface area contributed by atoms with Gasteiger partial charge in [-0.1, -0.05) is 38.1 Å². The Morgan fingerprint density at radius 1 is 1.29 bits per heavy atom. The van der Waals surface area contributed by atoms with Crippen LogP contribution in [0.3, 0.4) is 0 Å². The van der Waals surface area contributed by atoms with Crippen molar-refractivity contribution in [1.29, 1.82) is 0 Å². The fourth-order valence-corrected chi connectivity index (χ4v) is 2.74. The van der Waals surface area contributed by atoms with Gasteiger partial charge in [0.2, 0.25) is 0 Å². The first-order valence-corrected chi connectivity index (χ1v) is 5.34. The van der Waals surface area contributed by atoms with Gasteiger partial charge in [0.1, 0.15) is 0 Å². The minimum atomic E-state index is 0.404. The predicted molar refractivity (Wildman–Crippen MR) is 60.2 cm³/mol. The van der Waals surface area contributed by atoms with Gasteiger partial charge in [0, 0.05) is 0 Å². The zero-order chi connectivity index (χ0) is 10.3. The number of rotatable bonds is 2. The molecule has 1 aromatic rings. The Morgan fingerprint density at radius 2 is 1.93 bits per heavy atom. The normalized spacial score (nSPS) is 28.9.